The second-order valence-corrected chi connectivity index (χ2v) is 5.77. The molecule has 5 heteroatoms. The smallest absolute Gasteiger partial charge is 0.228 e. The van der Waals surface area contributed by atoms with Crippen LogP contribution in [0.4, 0.5) is 10.1 Å². The van der Waals surface area contributed by atoms with Gasteiger partial charge in [-0.05, 0) is 54.4 Å². The first kappa shape index (κ1) is 15.0. The van der Waals surface area contributed by atoms with Gasteiger partial charge >= 0.3 is 0 Å². The Morgan fingerprint density at radius 2 is 2.05 bits per heavy atom. The average molecular weight is 357 g/mol. The highest BCUT2D eigenvalue weighted by Gasteiger charge is 2.10. The first-order valence-electron chi connectivity index (χ1n) is 5.95. The van der Waals surface area contributed by atoms with Crippen molar-refractivity contribution in [3.8, 4) is 0 Å². The second kappa shape index (κ2) is 6.37. The van der Waals surface area contributed by atoms with E-state index >= 15 is 0 Å². The number of hydrogen-bond donors (Lipinski definition) is 1. The molecule has 0 aliphatic rings. The van der Waals surface area contributed by atoms with Gasteiger partial charge in [0.05, 0.1) is 6.42 Å². The van der Waals surface area contributed by atoms with Crippen LogP contribution in [0.15, 0.2) is 40.9 Å². The van der Waals surface area contributed by atoms with Gasteiger partial charge < -0.3 is 5.32 Å². The molecule has 0 fully saturated rings. The van der Waals surface area contributed by atoms with Gasteiger partial charge in [0.25, 0.3) is 0 Å². The highest BCUT2D eigenvalue weighted by molar-refractivity contribution is 9.10. The van der Waals surface area contributed by atoms with Gasteiger partial charge in [-0.2, -0.15) is 0 Å². The van der Waals surface area contributed by atoms with Crippen LogP contribution in [0.1, 0.15) is 11.1 Å². The fourth-order valence-electron chi connectivity index (χ4n) is 1.81. The predicted octanol–water partition coefficient (Wildman–Crippen LogP) is 4.73. The normalized spacial score (nSPS) is 10.4. The Morgan fingerprint density at radius 1 is 1.30 bits per heavy atom. The standard InChI is InChI=1S/C15H12BrClFNO/c1-9-6-12(17)3-5-14(9)19-15(20)8-10-7-11(16)2-4-13(10)18/h2-7H,8H2,1H3,(H,19,20). The Balaban J connectivity index is 2.11. The molecule has 0 heterocycles. The van der Waals surface area contributed by atoms with Crippen molar-refractivity contribution in [1.29, 1.82) is 0 Å². The van der Waals surface area contributed by atoms with Crippen molar-refractivity contribution in [2.24, 2.45) is 0 Å². The van der Waals surface area contributed by atoms with Crippen LogP contribution in [-0.2, 0) is 11.2 Å². The summed E-state index contributed by atoms with van der Waals surface area (Å²) >= 11 is 9.11. The minimum Gasteiger partial charge on any atom is -0.326 e. The quantitative estimate of drug-likeness (QED) is 0.846. The molecular weight excluding hydrogens is 345 g/mol. The summed E-state index contributed by atoms with van der Waals surface area (Å²) in [7, 11) is 0. The summed E-state index contributed by atoms with van der Waals surface area (Å²) in [6.07, 6.45) is -0.0205. The van der Waals surface area contributed by atoms with Crippen molar-refractivity contribution < 1.29 is 9.18 Å². The molecular formula is C15H12BrClFNO. The van der Waals surface area contributed by atoms with E-state index in [0.717, 1.165) is 10.0 Å². The van der Waals surface area contributed by atoms with Gasteiger partial charge in [-0.3, -0.25) is 4.79 Å². The average Bonchev–Trinajstić information content (AvgIpc) is 2.37. The number of aryl methyl sites for hydroxylation is 1. The summed E-state index contributed by atoms with van der Waals surface area (Å²) in [6, 6.07) is 9.72. The number of benzene rings is 2. The second-order valence-electron chi connectivity index (χ2n) is 4.42. The minimum atomic E-state index is -0.392. The number of anilines is 1. The van der Waals surface area contributed by atoms with Gasteiger partial charge in [0.1, 0.15) is 5.82 Å². The monoisotopic (exact) mass is 355 g/mol. The van der Waals surface area contributed by atoms with E-state index in [-0.39, 0.29) is 12.3 Å². The van der Waals surface area contributed by atoms with Gasteiger partial charge in [-0.15, -0.1) is 0 Å². The highest BCUT2D eigenvalue weighted by atomic mass is 79.9. The SMILES string of the molecule is Cc1cc(Cl)ccc1NC(=O)Cc1cc(Br)ccc1F. The maximum atomic E-state index is 13.6. The Labute approximate surface area is 130 Å². The number of halogens is 3. The maximum absolute atomic E-state index is 13.6. The molecule has 0 saturated heterocycles. The van der Waals surface area contributed by atoms with E-state index in [1.54, 1.807) is 30.3 Å². The molecule has 0 aliphatic heterocycles. The third kappa shape index (κ3) is 3.81. The summed E-state index contributed by atoms with van der Waals surface area (Å²) in [5.41, 5.74) is 1.89. The Kier molecular flexibility index (Phi) is 4.78. The third-order valence-electron chi connectivity index (χ3n) is 2.82. The lowest BCUT2D eigenvalue weighted by Crippen LogP contribution is -2.16. The maximum Gasteiger partial charge on any atom is 0.228 e. The van der Waals surface area contributed by atoms with Crippen molar-refractivity contribution in [2.45, 2.75) is 13.3 Å². The molecule has 1 amide bonds. The molecule has 20 heavy (non-hydrogen) atoms. The molecule has 0 saturated carbocycles. The molecule has 2 aromatic carbocycles. The van der Waals surface area contributed by atoms with Gasteiger partial charge in [-0.25, -0.2) is 4.39 Å². The van der Waals surface area contributed by atoms with Gasteiger partial charge in [0.2, 0.25) is 5.91 Å². The predicted molar refractivity (Wildman–Crippen MR) is 82.6 cm³/mol. The molecule has 2 nitrogen and oxygen atoms in total. The van der Waals surface area contributed by atoms with E-state index in [4.69, 9.17) is 11.6 Å². The molecule has 0 aliphatic carbocycles. The number of rotatable bonds is 3. The zero-order valence-electron chi connectivity index (χ0n) is 10.7. The Bertz CT molecular complexity index is 660. The third-order valence-corrected chi connectivity index (χ3v) is 3.55. The van der Waals surface area contributed by atoms with Crippen molar-refractivity contribution in [3.63, 3.8) is 0 Å². The molecule has 2 aromatic rings. The van der Waals surface area contributed by atoms with Crippen LogP contribution in [0.5, 0.6) is 0 Å². The van der Waals surface area contributed by atoms with E-state index in [1.807, 2.05) is 6.92 Å². The first-order chi connectivity index (χ1) is 9.45. The lowest BCUT2D eigenvalue weighted by Gasteiger charge is -2.09. The molecule has 2 rings (SSSR count). The molecule has 0 radical (unpaired) electrons. The fourth-order valence-corrected chi connectivity index (χ4v) is 2.45. The summed E-state index contributed by atoms with van der Waals surface area (Å²) in [4.78, 5) is 12.0. The molecule has 0 bridgehead atoms. The first-order valence-corrected chi connectivity index (χ1v) is 7.13. The van der Waals surface area contributed by atoms with Crippen LogP contribution in [0.25, 0.3) is 0 Å². The summed E-state index contributed by atoms with van der Waals surface area (Å²) < 4.78 is 14.3. The van der Waals surface area contributed by atoms with Gasteiger partial charge in [0, 0.05) is 15.2 Å². The van der Waals surface area contributed by atoms with Crippen LogP contribution >= 0.6 is 27.5 Å². The van der Waals surface area contributed by atoms with Crippen LogP contribution in [0.3, 0.4) is 0 Å². The van der Waals surface area contributed by atoms with Crippen LogP contribution in [0.2, 0.25) is 5.02 Å². The molecule has 0 aromatic heterocycles. The summed E-state index contributed by atoms with van der Waals surface area (Å²) in [5, 5.41) is 3.36. The van der Waals surface area contributed by atoms with E-state index in [2.05, 4.69) is 21.2 Å². The molecule has 0 spiro atoms. The largest absolute Gasteiger partial charge is 0.326 e. The molecule has 104 valence electrons. The van der Waals surface area contributed by atoms with Crippen LogP contribution in [0, 0.1) is 12.7 Å². The lowest BCUT2D eigenvalue weighted by atomic mass is 10.1. The van der Waals surface area contributed by atoms with Gasteiger partial charge in [-0.1, -0.05) is 27.5 Å². The van der Waals surface area contributed by atoms with Crippen molar-refractivity contribution in [1.82, 2.24) is 0 Å². The molecule has 1 N–H and O–H groups in total. The number of hydrogen-bond acceptors (Lipinski definition) is 1. The number of carbonyl (C=O) groups is 1. The highest BCUT2D eigenvalue weighted by Crippen LogP contribution is 2.20. The van der Waals surface area contributed by atoms with E-state index in [0.29, 0.717) is 16.3 Å². The summed E-state index contributed by atoms with van der Waals surface area (Å²) in [6.45, 7) is 1.85. The lowest BCUT2D eigenvalue weighted by molar-refractivity contribution is -0.115. The van der Waals surface area contributed by atoms with Crippen molar-refractivity contribution in [3.05, 3.63) is 62.8 Å². The number of nitrogens with one attached hydrogen (secondary N) is 1. The molecule has 0 unspecified atom stereocenters. The van der Waals surface area contributed by atoms with Crippen molar-refractivity contribution >= 4 is 39.1 Å². The Hall–Kier alpha value is -1.39. The fraction of sp³-hybridized carbons (Fsp3) is 0.133. The minimum absolute atomic E-state index is 0.0205. The molecule has 0 atom stereocenters. The number of carbonyl (C=O) groups excluding carboxylic acids is 1. The number of amides is 1. The van der Waals surface area contributed by atoms with Gasteiger partial charge in [0.15, 0.2) is 0 Å². The zero-order valence-corrected chi connectivity index (χ0v) is 13.1. The van der Waals surface area contributed by atoms with E-state index < -0.39 is 5.82 Å². The van der Waals surface area contributed by atoms with Crippen LogP contribution < -0.4 is 5.32 Å². The zero-order chi connectivity index (χ0) is 14.7. The van der Waals surface area contributed by atoms with E-state index in [1.165, 1.54) is 6.07 Å². The topological polar surface area (TPSA) is 29.1 Å². The van der Waals surface area contributed by atoms with Crippen LogP contribution in [-0.4, -0.2) is 5.91 Å². The van der Waals surface area contributed by atoms with E-state index in [9.17, 15) is 9.18 Å². The van der Waals surface area contributed by atoms with Crippen molar-refractivity contribution in [2.75, 3.05) is 5.32 Å². The summed E-state index contributed by atoms with van der Waals surface area (Å²) in [5.74, 6) is -0.663. The Morgan fingerprint density at radius 3 is 2.75 bits per heavy atom.